The Morgan fingerprint density at radius 1 is 1.43 bits per heavy atom. The van der Waals surface area contributed by atoms with Gasteiger partial charge in [0.2, 0.25) is 0 Å². The molecule has 1 aromatic rings. The molecule has 0 aliphatic carbocycles. The van der Waals surface area contributed by atoms with E-state index in [0.29, 0.717) is 5.75 Å². The first-order valence-corrected chi connectivity index (χ1v) is 7.67. The molecule has 0 bridgehead atoms. The molecule has 14 heavy (non-hydrogen) atoms. The highest BCUT2D eigenvalue weighted by Gasteiger charge is 2.13. The molecule has 0 saturated carbocycles. The molecule has 0 fully saturated rings. The number of rotatable bonds is 3. The van der Waals surface area contributed by atoms with E-state index in [-0.39, 0.29) is 0 Å². The molecule has 0 radical (unpaired) electrons. The van der Waals surface area contributed by atoms with E-state index in [1.54, 1.807) is 6.07 Å². The molecular weight excluding hydrogens is 239 g/mol. The van der Waals surface area contributed by atoms with Crippen molar-refractivity contribution in [3.8, 4) is 5.75 Å². The van der Waals surface area contributed by atoms with E-state index in [1.807, 2.05) is 25.3 Å². The lowest BCUT2D eigenvalue weighted by molar-refractivity contribution is 0.367. The predicted molar refractivity (Wildman–Crippen MR) is 62.3 cm³/mol. The van der Waals surface area contributed by atoms with E-state index in [1.165, 1.54) is 11.8 Å². The van der Waals surface area contributed by atoms with Crippen LogP contribution < -0.4 is 4.52 Å². The lowest BCUT2D eigenvalue weighted by atomic mass is 10.2. The molecule has 6 heteroatoms. The van der Waals surface area contributed by atoms with Gasteiger partial charge in [0, 0.05) is 16.7 Å². The third-order valence-corrected chi connectivity index (χ3v) is 2.97. The highest BCUT2D eigenvalue weighted by atomic mass is 32.5. The van der Waals surface area contributed by atoms with Gasteiger partial charge in [-0.3, -0.25) is 0 Å². The summed E-state index contributed by atoms with van der Waals surface area (Å²) in [6, 6.07) is 5.52. The zero-order valence-corrected chi connectivity index (χ0v) is 10.3. The first-order valence-electron chi connectivity index (χ1n) is 3.82. The minimum atomic E-state index is -3.63. The summed E-state index contributed by atoms with van der Waals surface area (Å²) in [4.78, 5) is 18.9. The van der Waals surface area contributed by atoms with Gasteiger partial charge in [-0.2, -0.15) is 0 Å². The molecule has 0 aromatic heterocycles. The van der Waals surface area contributed by atoms with Crippen LogP contribution in [0.1, 0.15) is 5.56 Å². The summed E-state index contributed by atoms with van der Waals surface area (Å²) >= 11 is 5.88. The van der Waals surface area contributed by atoms with Gasteiger partial charge in [-0.1, -0.05) is 6.07 Å². The predicted octanol–water partition coefficient (Wildman–Crippen LogP) is 2.30. The van der Waals surface area contributed by atoms with Crippen LogP contribution in [0.5, 0.6) is 5.75 Å². The minimum Gasteiger partial charge on any atom is -0.423 e. The Hall–Kier alpha value is -0.0600. The van der Waals surface area contributed by atoms with Gasteiger partial charge in [-0.15, -0.1) is 11.8 Å². The summed E-state index contributed by atoms with van der Waals surface area (Å²) < 4.78 is 4.92. The van der Waals surface area contributed by atoms with Gasteiger partial charge < -0.3 is 14.3 Å². The molecule has 1 rings (SSSR count). The summed E-state index contributed by atoms with van der Waals surface area (Å²) in [7, 11) is 0. The fourth-order valence-electron chi connectivity index (χ4n) is 0.983. The van der Waals surface area contributed by atoms with Crippen molar-refractivity contribution in [3.05, 3.63) is 23.8 Å². The van der Waals surface area contributed by atoms with Gasteiger partial charge >= 0.3 is 6.72 Å². The Balaban J connectivity index is 3.05. The van der Waals surface area contributed by atoms with Gasteiger partial charge in [0.05, 0.1) is 0 Å². The van der Waals surface area contributed by atoms with Crippen molar-refractivity contribution in [1.29, 1.82) is 0 Å². The Morgan fingerprint density at radius 3 is 2.57 bits per heavy atom. The van der Waals surface area contributed by atoms with Gasteiger partial charge in [-0.05, 0) is 30.9 Å². The number of thioether (sulfide) groups is 1. The van der Waals surface area contributed by atoms with E-state index in [4.69, 9.17) is 14.3 Å². The third-order valence-electron chi connectivity index (χ3n) is 1.54. The zero-order chi connectivity index (χ0) is 10.8. The van der Waals surface area contributed by atoms with Crippen LogP contribution in [0.4, 0.5) is 0 Å². The maximum Gasteiger partial charge on any atom is 0.375 e. The first-order chi connectivity index (χ1) is 6.42. The van der Waals surface area contributed by atoms with Crippen LogP contribution in [-0.2, 0) is 11.8 Å². The normalized spacial score (nSPS) is 11.4. The van der Waals surface area contributed by atoms with Crippen molar-refractivity contribution in [1.82, 2.24) is 0 Å². The van der Waals surface area contributed by atoms with E-state index in [2.05, 4.69) is 11.8 Å². The average Bonchev–Trinajstić information content (AvgIpc) is 2.01. The minimum absolute atomic E-state index is 0.436. The van der Waals surface area contributed by atoms with Gasteiger partial charge in [0.25, 0.3) is 0 Å². The lowest BCUT2D eigenvalue weighted by Crippen LogP contribution is -1.92. The van der Waals surface area contributed by atoms with Crippen LogP contribution in [0.15, 0.2) is 23.1 Å². The Bertz CT molecular complexity index is 375. The van der Waals surface area contributed by atoms with Crippen LogP contribution >= 0.6 is 18.5 Å². The molecule has 0 amide bonds. The molecular formula is C8H11O3PS2. The van der Waals surface area contributed by atoms with Crippen molar-refractivity contribution >= 4 is 30.3 Å². The SMILES string of the molecule is CSc1ccc(C)cc1OP(O)(O)=S. The molecule has 3 nitrogen and oxygen atoms in total. The second kappa shape index (κ2) is 4.64. The second-order valence-corrected chi connectivity index (χ2v) is 6.17. The number of aryl methyl sites for hydroxylation is 1. The highest BCUT2D eigenvalue weighted by Crippen LogP contribution is 2.42. The summed E-state index contributed by atoms with van der Waals surface area (Å²) in [5.41, 5.74) is 0.987. The maximum absolute atomic E-state index is 9.03. The summed E-state index contributed by atoms with van der Waals surface area (Å²) in [5, 5.41) is 0. The maximum atomic E-state index is 9.03. The Labute approximate surface area is 92.4 Å². The fraction of sp³-hybridized carbons (Fsp3) is 0.250. The molecule has 0 aliphatic heterocycles. The van der Waals surface area contributed by atoms with Gasteiger partial charge in [-0.25, -0.2) is 0 Å². The van der Waals surface area contributed by atoms with Crippen LogP contribution in [0, 0.1) is 6.92 Å². The summed E-state index contributed by atoms with van der Waals surface area (Å²) in [5.74, 6) is 0.436. The van der Waals surface area contributed by atoms with Crippen LogP contribution in [-0.4, -0.2) is 16.0 Å². The van der Waals surface area contributed by atoms with Crippen molar-refractivity contribution in [2.75, 3.05) is 6.26 Å². The fourth-order valence-corrected chi connectivity index (χ4v) is 2.20. The highest BCUT2D eigenvalue weighted by molar-refractivity contribution is 8.06. The monoisotopic (exact) mass is 250 g/mol. The number of benzene rings is 1. The molecule has 0 unspecified atom stereocenters. The second-order valence-electron chi connectivity index (χ2n) is 2.74. The van der Waals surface area contributed by atoms with Crippen LogP contribution in [0.3, 0.4) is 0 Å². The molecule has 78 valence electrons. The quantitative estimate of drug-likeness (QED) is 0.637. The van der Waals surface area contributed by atoms with Gasteiger partial charge in [0.1, 0.15) is 5.75 Å². The van der Waals surface area contributed by atoms with Crippen molar-refractivity contribution in [2.24, 2.45) is 0 Å². The molecule has 0 atom stereocenters. The summed E-state index contributed by atoms with van der Waals surface area (Å²) in [6.45, 7) is -1.73. The van der Waals surface area contributed by atoms with Crippen molar-refractivity contribution < 1.29 is 14.3 Å². The zero-order valence-electron chi connectivity index (χ0n) is 7.80. The lowest BCUT2D eigenvalue weighted by Gasteiger charge is -2.13. The Kier molecular flexibility index (Phi) is 3.98. The largest absolute Gasteiger partial charge is 0.423 e. The van der Waals surface area contributed by atoms with Gasteiger partial charge in [0.15, 0.2) is 0 Å². The van der Waals surface area contributed by atoms with Crippen molar-refractivity contribution in [3.63, 3.8) is 0 Å². The van der Waals surface area contributed by atoms with Crippen molar-refractivity contribution in [2.45, 2.75) is 11.8 Å². The van der Waals surface area contributed by atoms with Crippen LogP contribution in [0.2, 0.25) is 0 Å². The standard InChI is InChI=1S/C8H11O3PS2/c1-6-3-4-8(14-2)7(5-6)11-12(9,10)13/h3-5H,1-2H3,(H2,9,10,13). The van der Waals surface area contributed by atoms with E-state index in [9.17, 15) is 0 Å². The Morgan fingerprint density at radius 2 is 2.07 bits per heavy atom. The molecule has 0 aliphatic rings. The number of hydrogen-bond acceptors (Lipinski definition) is 3. The average molecular weight is 250 g/mol. The molecule has 0 spiro atoms. The third kappa shape index (κ3) is 3.59. The van der Waals surface area contributed by atoms with E-state index >= 15 is 0 Å². The molecule has 2 N–H and O–H groups in total. The van der Waals surface area contributed by atoms with E-state index < -0.39 is 6.72 Å². The van der Waals surface area contributed by atoms with E-state index in [0.717, 1.165) is 10.5 Å². The number of hydrogen-bond donors (Lipinski definition) is 2. The molecule has 0 saturated heterocycles. The first kappa shape index (κ1) is 12.0. The topological polar surface area (TPSA) is 49.7 Å². The molecule has 1 aromatic carbocycles. The molecule has 0 heterocycles. The van der Waals surface area contributed by atoms with Crippen LogP contribution in [0.25, 0.3) is 0 Å². The smallest absolute Gasteiger partial charge is 0.375 e. The summed E-state index contributed by atoms with van der Waals surface area (Å²) in [6.07, 6.45) is 1.88.